The van der Waals surface area contributed by atoms with Crippen molar-refractivity contribution in [2.45, 2.75) is 28.4 Å². The molecule has 0 N–H and O–H groups in total. The number of methoxy groups -OCH3 is 1. The summed E-state index contributed by atoms with van der Waals surface area (Å²) in [6.45, 7) is 0.613. The summed E-state index contributed by atoms with van der Waals surface area (Å²) in [5.74, 6) is 0.0286. The summed E-state index contributed by atoms with van der Waals surface area (Å²) < 4.78 is 79.1. The molecular formula is C20H23FN2O6S2. The van der Waals surface area contributed by atoms with Gasteiger partial charge in [-0.15, -0.1) is 0 Å². The van der Waals surface area contributed by atoms with Crippen molar-refractivity contribution in [2.24, 2.45) is 0 Å². The van der Waals surface area contributed by atoms with Gasteiger partial charge in [0.2, 0.25) is 20.0 Å². The Morgan fingerprint density at radius 2 is 1.42 bits per heavy atom. The van der Waals surface area contributed by atoms with E-state index in [0.29, 0.717) is 5.75 Å². The Morgan fingerprint density at radius 3 is 2.00 bits per heavy atom. The lowest BCUT2D eigenvalue weighted by atomic mass is 10.0. The molecular weight excluding hydrogens is 447 g/mol. The van der Waals surface area contributed by atoms with Crippen molar-refractivity contribution in [2.75, 3.05) is 33.4 Å². The number of hydrogen-bond donors (Lipinski definition) is 0. The van der Waals surface area contributed by atoms with Crippen molar-refractivity contribution in [3.8, 4) is 5.75 Å². The average molecular weight is 471 g/mol. The molecule has 0 atom stereocenters. The second kappa shape index (κ2) is 8.14. The topological polar surface area (TPSA) is 93.2 Å². The molecule has 0 bridgehead atoms. The molecule has 0 saturated carbocycles. The van der Waals surface area contributed by atoms with Gasteiger partial charge in [-0.25, -0.2) is 21.2 Å². The molecule has 2 aliphatic rings. The van der Waals surface area contributed by atoms with Crippen molar-refractivity contribution < 1.29 is 30.7 Å². The van der Waals surface area contributed by atoms with Gasteiger partial charge in [0.05, 0.1) is 23.5 Å². The Bertz CT molecular complexity index is 1140. The zero-order valence-corrected chi connectivity index (χ0v) is 18.5. The van der Waals surface area contributed by atoms with E-state index < -0.39 is 31.6 Å². The number of nitrogens with zero attached hydrogens (tertiary/aromatic N) is 2. The molecule has 0 aliphatic carbocycles. The van der Waals surface area contributed by atoms with Crippen LogP contribution in [0, 0.1) is 5.82 Å². The molecule has 0 unspecified atom stereocenters. The Balaban J connectivity index is 1.54. The normalized spacial score (nSPS) is 20.2. The van der Waals surface area contributed by atoms with Crippen LogP contribution in [0.1, 0.15) is 12.8 Å². The monoisotopic (exact) mass is 470 g/mol. The lowest BCUT2D eigenvalue weighted by Gasteiger charge is -2.42. The number of sulfonamides is 2. The van der Waals surface area contributed by atoms with E-state index in [0.717, 1.165) is 12.1 Å². The molecule has 168 valence electrons. The molecule has 0 amide bonds. The molecule has 4 rings (SSSR count). The molecule has 2 aromatic carbocycles. The summed E-state index contributed by atoms with van der Waals surface area (Å²) in [5.41, 5.74) is -1.09. The molecule has 11 heteroatoms. The van der Waals surface area contributed by atoms with E-state index in [1.54, 1.807) is 12.1 Å². The van der Waals surface area contributed by atoms with Crippen molar-refractivity contribution in [1.82, 2.24) is 8.61 Å². The molecule has 2 heterocycles. The van der Waals surface area contributed by atoms with Gasteiger partial charge in [0, 0.05) is 32.5 Å². The largest absolute Gasteiger partial charge is 0.497 e. The van der Waals surface area contributed by atoms with Crippen molar-refractivity contribution in [3.63, 3.8) is 0 Å². The summed E-state index contributed by atoms with van der Waals surface area (Å²) in [6, 6.07) is 10.8. The predicted molar refractivity (Wildman–Crippen MR) is 110 cm³/mol. The van der Waals surface area contributed by atoms with Gasteiger partial charge >= 0.3 is 0 Å². The van der Waals surface area contributed by atoms with E-state index in [2.05, 4.69) is 0 Å². The number of rotatable bonds is 5. The highest BCUT2D eigenvalue weighted by Crippen LogP contribution is 2.39. The fourth-order valence-electron chi connectivity index (χ4n) is 4.03. The van der Waals surface area contributed by atoms with Crippen LogP contribution >= 0.6 is 0 Å². The van der Waals surface area contributed by atoms with Crippen molar-refractivity contribution in [3.05, 3.63) is 54.3 Å². The van der Waals surface area contributed by atoms with E-state index in [-0.39, 0.29) is 48.9 Å². The highest BCUT2D eigenvalue weighted by Gasteiger charge is 2.51. The average Bonchev–Trinajstić information content (AvgIpc) is 3.18. The molecule has 31 heavy (non-hydrogen) atoms. The van der Waals surface area contributed by atoms with Gasteiger partial charge in [-0.1, -0.05) is 0 Å². The fraction of sp³-hybridized carbons (Fsp3) is 0.400. The van der Waals surface area contributed by atoms with Gasteiger partial charge in [-0.2, -0.15) is 8.61 Å². The standard InChI is InChI=1S/C20H23FN2O6S2/c1-28-17-4-8-19(9-5-17)31(26,27)23-14-15-29-20(23)10-12-22(13-11-20)30(24,25)18-6-2-16(21)3-7-18/h2-9H,10-15H2,1H3. The second-order valence-corrected chi connectivity index (χ2v) is 11.2. The Morgan fingerprint density at radius 1 is 0.871 bits per heavy atom. The molecule has 1 spiro atoms. The lowest BCUT2D eigenvalue weighted by molar-refractivity contribution is -0.0806. The molecule has 8 nitrogen and oxygen atoms in total. The van der Waals surface area contributed by atoms with Crippen LogP contribution in [0.4, 0.5) is 4.39 Å². The maximum absolute atomic E-state index is 13.3. The smallest absolute Gasteiger partial charge is 0.245 e. The number of piperidine rings is 1. The van der Waals surface area contributed by atoms with E-state index in [9.17, 15) is 21.2 Å². The molecule has 0 aromatic heterocycles. The third kappa shape index (κ3) is 3.96. The first-order chi connectivity index (χ1) is 14.7. The highest BCUT2D eigenvalue weighted by atomic mass is 32.2. The van der Waals surface area contributed by atoms with Gasteiger partial charge in [-0.3, -0.25) is 0 Å². The summed E-state index contributed by atoms with van der Waals surface area (Å²) >= 11 is 0. The minimum absolute atomic E-state index is 0.0000919. The van der Waals surface area contributed by atoms with Crippen LogP contribution in [-0.4, -0.2) is 64.5 Å². The van der Waals surface area contributed by atoms with Crippen LogP contribution in [0.5, 0.6) is 5.75 Å². The molecule has 2 saturated heterocycles. The van der Waals surface area contributed by atoms with Crippen LogP contribution in [0.15, 0.2) is 58.3 Å². The Kier molecular flexibility index (Phi) is 5.81. The van der Waals surface area contributed by atoms with E-state index in [1.165, 1.54) is 40.0 Å². The first-order valence-electron chi connectivity index (χ1n) is 9.76. The van der Waals surface area contributed by atoms with Crippen LogP contribution in [0.25, 0.3) is 0 Å². The zero-order chi connectivity index (χ0) is 22.3. The van der Waals surface area contributed by atoms with Gasteiger partial charge in [0.15, 0.2) is 0 Å². The summed E-state index contributed by atoms with van der Waals surface area (Å²) in [6.07, 6.45) is 0.394. The third-order valence-electron chi connectivity index (χ3n) is 5.72. The second-order valence-electron chi connectivity index (χ2n) is 7.41. The van der Waals surface area contributed by atoms with Crippen LogP contribution in [-0.2, 0) is 24.8 Å². The van der Waals surface area contributed by atoms with Crippen LogP contribution < -0.4 is 4.74 Å². The van der Waals surface area contributed by atoms with E-state index in [1.807, 2.05) is 0 Å². The first-order valence-corrected chi connectivity index (χ1v) is 12.6. The zero-order valence-electron chi connectivity index (χ0n) is 16.9. The minimum Gasteiger partial charge on any atom is -0.497 e. The highest BCUT2D eigenvalue weighted by molar-refractivity contribution is 7.89. The number of benzene rings is 2. The van der Waals surface area contributed by atoms with Gasteiger partial charge in [-0.05, 0) is 48.5 Å². The first kappa shape index (κ1) is 22.2. The number of ether oxygens (including phenoxy) is 2. The van der Waals surface area contributed by atoms with E-state index >= 15 is 0 Å². The molecule has 2 fully saturated rings. The number of halogens is 1. The third-order valence-corrected chi connectivity index (χ3v) is 9.60. The Labute approximate surface area is 181 Å². The van der Waals surface area contributed by atoms with Crippen molar-refractivity contribution in [1.29, 1.82) is 0 Å². The minimum atomic E-state index is -3.84. The lowest BCUT2D eigenvalue weighted by Crippen LogP contribution is -2.55. The van der Waals surface area contributed by atoms with Crippen LogP contribution in [0.2, 0.25) is 0 Å². The SMILES string of the molecule is COc1ccc(S(=O)(=O)N2CCOC23CCN(S(=O)(=O)c2ccc(F)cc2)CC3)cc1. The molecule has 2 aromatic rings. The Hall–Kier alpha value is -2.05. The van der Waals surface area contributed by atoms with Crippen LogP contribution in [0.3, 0.4) is 0 Å². The van der Waals surface area contributed by atoms with Gasteiger partial charge in [0.25, 0.3) is 0 Å². The quantitative estimate of drug-likeness (QED) is 0.664. The number of hydrogen-bond acceptors (Lipinski definition) is 6. The van der Waals surface area contributed by atoms with Crippen molar-refractivity contribution >= 4 is 20.0 Å². The summed E-state index contributed by atoms with van der Waals surface area (Å²) in [5, 5.41) is 0. The maximum Gasteiger partial charge on any atom is 0.245 e. The predicted octanol–water partition coefficient (Wildman–Crippen LogP) is 2.04. The fourth-order valence-corrected chi connectivity index (χ4v) is 7.20. The summed E-state index contributed by atoms with van der Waals surface area (Å²) in [7, 11) is -6.15. The molecule has 0 radical (unpaired) electrons. The van der Waals surface area contributed by atoms with E-state index in [4.69, 9.17) is 9.47 Å². The summed E-state index contributed by atoms with van der Waals surface area (Å²) in [4.78, 5) is 0.124. The maximum atomic E-state index is 13.3. The van der Waals surface area contributed by atoms with Gasteiger partial charge in [0.1, 0.15) is 17.3 Å². The molecule has 2 aliphatic heterocycles. The van der Waals surface area contributed by atoms with Gasteiger partial charge < -0.3 is 9.47 Å².